The number of piperazine rings is 1. The average molecular weight is 466 g/mol. The molecule has 4 rings (SSSR count). The van der Waals surface area contributed by atoms with Gasteiger partial charge in [-0.2, -0.15) is 0 Å². The summed E-state index contributed by atoms with van der Waals surface area (Å²) in [5.41, 5.74) is 9.58. The van der Waals surface area contributed by atoms with Crippen LogP contribution in [-0.2, 0) is 14.3 Å². The van der Waals surface area contributed by atoms with E-state index in [1.807, 2.05) is 48.5 Å². The normalized spacial score (nSPS) is 19.1. The largest absolute Gasteiger partial charge is 0.480 e. The number of carbonyl (C=O) groups is 3. The van der Waals surface area contributed by atoms with Gasteiger partial charge in [-0.1, -0.05) is 48.5 Å². The molecule has 0 spiro atoms. The van der Waals surface area contributed by atoms with Gasteiger partial charge in [0.1, 0.15) is 18.7 Å². The Balaban J connectivity index is 1.48. The van der Waals surface area contributed by atoms with E-state index in [-0.39, 0.29) is 31.4 Å². The zero-order valence-corrected chi connectivity index (χ0v) is 18.5. The number of fused-ring (bicyclic) bond motifs is 3. The smallest absolute Gasteiger partial charge is 0.410 e. The number of benzene rings is 2. The fraction of sp³-hybridized carbons (Fsp3) is 0.333. The van der Waals surface area contributed by atoms with Crippen molar-refractivity contribution < 1.29 is 24.2 Å². The fourth-order valence-corrected chi connectivity index (χ4v) is 4.60. The first kappa shape index (κ1) is 23.1. The van der Waals surface area contributed by atoms with Crippen LogP contribution >= 0.6 is 0 Å². The van der Waals surface area contributed by atoms with Crippen molar-refractivity contribution in [1.82, 2.24) is 15.5 Å². The first-order chi connectivity index (χ1) is 16.4. The van der Waals surface area contributed by atoms with Gasteiger partial charge in [-0.3, -0.25) is 15.1 Å². The van der Waals surface area contributed by atoms with E-state index in [1.165, 1.54) is 4.90 Å². The molecule has 2 aromatic carbocycles. The van der Waals surface area contributed by atoms with Crippen LogP contribution in [0.1, 0.15) is 29.9 Å². The minimum absolute atomic E-state index is 0.0708. The van der Waals surface area contributed by atoms with Gasteiger partial charge in [-0.05, 0) is 35.1 Å². The number of aliphatic carboxylic acids is 1. The molecule has 2 aliphatic rings. The van der Waals surface area contributed by atoms with Gasteiger partial charge in [-0.25, -0.2) is 9.59 Å². The maximum Gasteiger partial charge on any atom is 0.410 e. The van der Waals surface area contributed by atoms with Crippen molar-refractivity contribution in [3.8, 4) is 11.1 Å². The second-order valence-corrected chi connectivity index (χ2v) is 8.35. The van der Waals surface area contributed by atoms with E-state index in [0.29, 0.717) is 13.0 Å². The van der Waals surface area contributed by atoms with Crippen molar-refractivity contribution in [2.24, 2.45) is 5.73 Å². The molecule has 0 radical (unpaired) electrons. The van der Waals surface area contributed by atoms with Gasteiger partial charge in [0.25, 0.3) is 0 Å². The van der Waals surface area contributed by atoms with Crippen LogP contribution < -0.4 is 16.4 Å². The molecule has 10 nitrogen and oxygen atoms in total. The molecule has 1 aliphatic heterocycles. The minimum Gasteiger partial charge on any atom is -0.480 e. The van der Waals surface area contributed by atoms with Crippen molar-refractivity contribution >= 4 is 23.9 Å². The molecular formula is C24H27N5O5. The van der Waals surface area contributed by atoms with Crippen LogP contribution in [0.3, 0.4) is 0 Å². The highest BCUT2D eigenvalue weighted by molar-refractivity contribution is 5.91. The number of carbonyl (C=O) groups excluding carboxylic acids is 2. The number of carboxylic acids is 1. The van der Waals surface area contributed by atoms with Crippen molar-refractivity contribution in [3.05, 3.63) is 59.7 Å². The van der Waals surface area contributed by atoms with Gasteiger partial charge in [0.15, 0.2) is 5.96 Å². The second-order valence-electron chi connectivity index (χ2n) is 8.35. The number of nitrogens with zero attached hydrogens (tertiary/aromatic N) is 1. The van der Waals surface area contributed by atoms with Gasteiger partial charge >= 0.3 is 12.1 Å². The van der Waals surface area contributed by atoms with E-state index in [2.05, 4.69) is 10.6 Å². The Hall–Kier alpha value is -4.08. The highest BCUT2D eigenvalue weighted by atomic mass is 16.6. The van der Waals surface area contributed by atoms with E-state index in [1.54, 1.807) is 0 Å². The standard InChI is InChI=1S/C24H27N5O5/c25-23(26)27-11-5-10-20-21(30)28-19(22(31)32)12-29(20)24(33)34-13-18-16-8-3-1-6-14(16)15-7-2-4-9-17(15)18/h1-4,6-9,18-20H,5,10-13H2,(H,28,30)(H,31,32)(H4,25,26,27)/t19-,20-/m0/s1. The Labute approximate surface area is 196 Å². The van der Waals surface area contributed by atoms with E-state index in [9.17, 15) is 19.5 Å². The third-order valence-corrected chi connectivity index (χ3v) is 6.21. The summed E-state index contributed by atoms with van der Waals surface area (Å²) in [7, 11) is 0. The van der Waals surface area contributed by atoms with Crippen molar-refractivity contribution in [1.29, 1.82) is 5.41 Å². The number of rotatable bonds is 7. The van der Waals surface area contributed by atoms with Crippen LogP contribution in [0.4, 0.5) is 4.79 Å². The molecule has 178 valence electrons. The molecule has 2 atom stereocenters. The maximum atomic E-state index is 13.1. The Bertz CT molecular complexity index is 1070. The predicted molar refractivity (Wildman–Crippen MR) is 124 cm³/mol. The summed E-state index contributed by atoms with van der Waals surface area (Å²) < 4.78 is 5.67. The fourth-order valence-electron chi connectivity index (χ4n) is 4.60. The number of ether oxygens (including phenoxy) is 1. The Morgan fingerprint density at radius 1 is 1.15 bits per heavy atom. The Kier molecular flexibility index (Phi) is 6.67. The molecule has 0 aromatic heterocycles. The van der Waals surface area contributed by atoms with Crippen LogP contribution in [0.15, 0.2) is 48.5 Å². The maximum absolute atomic E-state index is 13.1. The zero-order chi connectivity index (χ0) is 24.2. The summed E-state index contributed by atoms with van der Waals surface area (Å²) >= 11 is 0. The lowest BCUT2D eigenvalue weighted by molar-refractivity contribution is -0.146. The van der Waals surface area contributed by atoms with Gasteiger partial charge < -0.3 is 26.2 Å². The molecule has 1 saturated heterocycles. The molecule has 10 heteroatoms. The van der Waals surface area contributed by atoms with Crippen LogP contribution in [0.5, 0.6) is 0 Å². The third kappa shape index (κ3) is 4.66. The molecule has 0 saturated carbocycles. The molecular weight excluding hydrogens is 438 g/mol. The first-order valence-corrected chi connectivity index (χ1v) is 11.1. The van der Waals surface area contributed by atoms with Crippen LogP contribution in [0.2, 0.25) is 0 Å². The molecule has 34 heavy (non-hydrogen) atoms. The van der Waals surface area contributed by atoms with Gasteiger partial charge in [0.05, 0.1) is 6.54 Å². The highest BCUT2D eigenvalue weighted by Gasteiger charge is 2.41. The summed E-state index contributed by atoms with van der Waals surface area (Å²) in [6, 6.07) is 13.8. The quantitative estimate of drug-likeness (QED) is 0.235. The lowest BCUT2D eigenvalue weighted by atomic mass is 9.98. The average Bonchev–Trinajstić information content (AvgIpc) is 3.14. The van der Waals surface area contributed by atoms with Crippen molar-refractivity contribution in [3.63, 3.8) is 0 Å². The SMILES string of the molecule is N=C(N)NCCC[C@H]1C(=O)N[C@H](C(=O)O)CN1C(=O)OCC1c2ccccc2-c2ccccc21. The van der Waals surface area contributed by atoms with E-state index < -0.39 is 30.1 Å². The van der Waals surface area contributed by atoms with Crippen LogP contribution in [0.25, 0.3) is 11.1 Å². The van der Waals surface area contributed by atoms with Gasteiger partial charge in [-0.15, -0.1) is 0 Å². The summed E-state index contributed by atoms with van der Waals surface area (Å²) in [6.07, 6.45) is -0.0157. The molecule has 6 N–H and O–H groups in total. The number of amides is 2. The van der Waals surface area contributed by atoms with Gasteiger partial charge in [0, 0.05) is 12.5 Å². The molecule has 1 aliphatic carbocycles. The Morgan fingerprint density at radius 3 is 2.35 bits per heavy atom. The zero-order valence-electron chi connectivity index (χ0n) is 18.5. The van der Waals surface area contributed by atoms with E-state index >= 15 is 0 Å². The molecule has 2 amide bonds. The van der Waals surface area contributed by atoms with E-state index in [0.717, 1.165) is 22.3 Å². The van der Waals surface area contributed by atoms with Crippen molar-refractivity contribution in [2.45, 2.75) is 30.8 Å². The van der Waals surface area contributed by atoms with Crippen molar-refractivity contribution in [2.75, 3.05) is 19.7 Å². The van der Waals surface area contributed by atoms with Gasteiger partial charge in [0.2, 0.25) is 5.91 Å². The second kappa shape index (κ2) is 9.82. The first-order valence-electron chi connectivity index (χ1n) is 11.1. The molecule has 1 heterocycles. The Morgan fingerprint density at radius 2 is 1.76 bits per heavy atom. The summed E-state index contributed by atoms with van der Waals surface area (Å²) in [5, 5.41) is 21.7. The number of carboxylic acid groups (broad SMARTS) is 1. The lowest BCUT2D eigenvalue weighted by Gasteiger charge is -2.37. The number of nitrogens with two attached hydrogens (primary N) is 1. The summed E-state index contributed by atoms with van der Waals surface area (Å²) in [4.78, 5) is 38.4. The predicted octanol–water partition coefficient (Wildman–Crippen LogP) is 1.45. The number of hydrogen-bond donors (Lipinski definition) is 5. The number of guanidine groups is 1. The lowest BCUT2D eigenvalue weighted by Crippen LogP contribution is -2.63. The number of nitrogens with one attached hydrogen (secondary N) is 3. The molecule has 0 unspecified atom stereocenters. The summed E-state index contributed by atoms with van der Waals surface area (Å²) in [5.74, 6) is -2.10. The van der Waals surface area contributed by atoms with Crippen LogP contribution in [-0.4, -0.2) is 65.7 Å². The topological polar surface area (TPSA) is 158 Å². The minimum atomic E-state index is -1.22. The number of hydrogen-bond acceptors (Lipinski definition) is 5. The molecule has 2 aromatic rings. The van der Waals surface area contributed by atoms with Crippen LogP contribution in [0, 0.1) is 5.41 Å². The summed E-state index contributed by atoms with van der Waals surface area (Å²) in [6.45, 7) is 0.226. The highest BCUT2D eigenvalue weighted by Crippen LogP contribution is 2.44. The van der Waals surface area contributed by atoms with E-state index in [4.69, 9.17) is 15.9 Å². The monoisotopic (exact) mass is 465 g/mol. The third-order valence-electron chi connectivity index (χ3n) is 6.21. The molecule has 1 fully saturated rings. The molecule has 0 bridgehead atoms.